The molecule has 1 aromatic rings. The minimum Gasteiger partial charge on any atom is -0.493 e. The van der Waals surface area contributed by atoms with Gasteiger partial charge in [-0.25, -0.2) is 0 Å². The normalized spacial score (nSPS) is 11.5. The van der Waals surface area contributed by atoms with E-state index in [1.165, 1.54) is 0 Å². The third-order valence-electron chi connectivity index (χ3n) is 2.62. The third kappa shape index (κ3) is 5.11. The number of benzene rings is 1. The number of ether oxygens (including phenoxy) is 1. The summed E-state index contributed by atoms with van der Waals surface area (Å²) in [6.45, 7) is 8.47. The summed E-state index contributed by atoms with van der Waals surface area (Å²) in [7, 11) is 0. The molecule has 0 fully saturated rings. The zero-order valence-corrected chi connectivity index (χ0v) is 12.8. The monoisotopic (exact) mass is 283 g/mol. The molecule has 0 unspecified atom stereocenters. The van der Waals surface area contributed by atoms with Gasteiger partial charge in [-0.15, -0.1) is 11.6 Å². The van der Waals surface area contributed by atoms with Crippen LogP contribution >= 0.6 is 11.6 Å². The van der Waals surface area contributed by atoms with E-state index in [1.54, 1.807) is 0 Å². The quantitative estimate of drug-likeness (QED) is 0.804. The number of carbonyl (C=O) groups is 1. The first-order valence-corrected chi connectivity index (χ1v) is 6.99. The van der Waals surface area contributed by atoms with Crippen LogP contribution in [0.15, 0.2) is 24.3 Å². The van der Waals surface area contributed by atoms with Crippen molar-refractivity contribution in [2.45, 2.75) is 27.7 Å². The van der Waals surface area contributed by atoms with E-state index < -0.39 is 5.41 Å². The average molecular weight is 284 g/mol. The first-order valence-electron chi connectivity index (χ1n) is 6.45. The fourth-order valence-corrected chi connectivity index (χ4v) is 1.41. The van der Waals surface area contributed by atoms with Crippen molar-refractivity contribution in [1.29, 1.82) is 0 Å². The Hall–Kier alpha value is -1.22. The number of carbonyl (C=O) groups excluding carboxylic acids is 1. The summed E-state index contributed by atoms with van der Waals surface area (Å²) >= 11 is 5.78. The number of anilines is 1. The molecule has 0 aliphatic carbocycles. The number of halogens is 1. The Morgan fingerprint density at radius 3 is 2.68 bits per heavy atom. The van der Waals surface area contributed by atoms with Gasteiger partial charge < -0.3 is 10.1 Å². The van der Waals surface area contributed by atoms with E-state index >= 15 is 0 Å². The third-order valence-corrected chi connectivity index (χ3v) is 3.29. The van der Waals surface area contributed by atoms with E-state index in [-0.39, 0.29) is 11.8 Å². The van der Waals surface area contributed by atoms with Gasteiger partial charge in [0.05, 0.1) is 12.0 Å². The summed E-state index contributed by atoms with van der Waals surface area (Å²) in [5.41, 5.74) is 0.139. The molecule has 0 aromatic heterocycles. The van der Waals surface area contributed by atoms with E-state index in [2.05, 4.69) is 19.2 Å². The first kappa shape index (κ1) is 15.8. The van der Waals surface area contributed by atoms with Crippen LogP contribution in [0.5, 0.6) is 5.75 Å². The Morgan fingerprint density at radius 2 is 2.11 bits per heavy atom. The average Bonchev–Trinajstić information content (AvgIpc) is 2.36. The van der Waals surface area contributed by atoms with Crippen molar-refractivity contribution in [2.75, 3.05) is 17.8 Å². The molecule has 0 radical (unpaired) electrons. The van der Waals surface area contributed by atoms with Crippen molar-refractivity contribution in [3.8, 4) is 5.75 Å². The largest absolute Gasteiger partial charge is 0.493 e. The molecule has 4 heteroatoms. The lowest BCUT2D eigenvalue weighted by Crippen LogP contribution is -2.32. The Morgan fingerprint density at radius 1 is 1.42 bits per heavy atom. The lowest BCUT2D eigenvalue weighted by molar-refractivity contribution is -0.122. The van der Waals surface area contributed by atoms with Crippen molar-refractivity contribution < 1.29 is 9.53 Å². The number of alkyl halides is 1. The lowest BCUT2D eigenvalue weighted by atomic mass is 9.95. The minimum atomic E-state index is -0.587. The van der Waals surface area contributed by atoms with Crippen LogP contribution in [0.1, 0.15) is 27.7 Å². The van der Waals surface area contributed by atoms with Gasteiger partial charge in [0, 0.05) is 17.6 Å². The van der Waals surface area contributed by atoms with Gasteiger partial charge in [-0.05, 0) is 31.9 Å². The van der Waals surface area contributed by atoms with Crippen molar-refractivity contribution in [1.82, 2.24) is 0 Å². The smallest absolute Gasteiger partial charge is 0.231 e. The van der Waals surface area contributed by atoms with Crippen LogP contribution in [0.3, 0.4) is 0 Å². The summed E-state index contributed by atoms with van der Waals surface area (Å²) < 4.78 is 5.62. The second-order valence-electron chi connectivity index (χ2n) is 5.70. The molecule has 1 amide bonds. The van der Waals surface area contributed by atoms with E-state index in [4.69, 9.17) is 16.3 Å². The summed E-state index contributed by atoms with van der Waals surface area (Å²) in [6.07, 6.45) is 0. The van der Waals surface area contributed by atoms with Crippen LogP contribution in [0.4, 0.5) is 5.69 Å². The number of hydrogen-bond acceptors (Lipinski definition) is 2. The van der Waals surface area contributed by atoms with Crippen LogP contribution in [0.2, 0.25) is 0 Å². The molecule has 0 saturated heterocycles. The Kier molecular flexibility index (Phi) is 5.67. The second kappa shape index (κ2) is 6.80. The molecule has 0 atom stereocenters. The molecule has 1 rings (SSSR count). The Balaban J connectivity index is 2.69. The van der Waals surface area contributed by atoms with Gasteiger partial charge in [0.25, 0.3) is 0 Å². The first-order chi connectivity index (χ1) is 8.85. The molecule has 0 aliphatic heterocycles. The van der Waals surface area contributed by atoms with Gasteiger partial charge in [0.1, 0.15) is 5.75 Å². The molecule has 0 heterocycles. The van der Waals surface area contributed by atoms with Crippen LogP contribution < -0.4 is 10.1 Å². The highest BCUT2D eigenvalue weighted by molar-refractivity contribution is 6.20. The second-order valence-corrected chi connectivity index (χ2v) is 5.97. The summed E-state index contributed by atoms with van der Waals surface area (Å²) in [5.74, 6) is 1.41. The van der Waals surface area contributed by atoms with Gasteiger partial charge in [-0.2, -0.15) is 0 Å². The van der Waals surface area contributed by atoms with Crippen LogP contribution in [-0.2, 0) is 4.79 Å². The predicted molar refractivity (Wildman–Crippen MR) is 79.9 cm³/mol. The molecule has 0 bridgehead atoms. The number of rotatable bonds is 6. The van der Waals surface area contributed by atoms with E-state index in [1.807, 2.05) is 38.1 Å². The molecule has 19 heavy (non-hydrogen) atoms. The standard InChI is InChI=1S/C15H22ClNO2/c1-11(2)9-19-13-7-5-6-12(8-13)17-14(18)15(3,4)10-16/h5-8,11H,9-10H2,1-4H3,(H,17,18). The summed E-state index contributed by atoms with van der Waals surface area (Å²) in [5, 5.41) is 2.86. The highest BCUT2D eigenvalue weighted by atomic mass is 35.5. The number of amides is 1. The van der Waals surface area contributed by atoms with Crippen LogP contribution in [0.25, 0.3) is 0 Å². The Bertz CT molecular complexity index is 430. The Labute approximate surface area is 120 Å². The summed E-state index contributed by atoms with van der Waals surface area (Å²) in [4.78, 5) is 12.0. The number of nitrogens with one attached hydrogen (secondary N) is 1. The van der Waals surface area contributed by atoms with Crippen molar-refractivity contribution in [3.63, 3.8) is 0 Å². The number of hydrogen-bond donors (Lipinski definition) is 1. The molecule has 106 valence electrons. The van der Waals surface area contributed by atoms with Gasteiger partial charge in [0.15, 0.2) is 0 Å². The van der Waals surface area contributed by atoms with Gasteiger partial charge in [-0.1, -0.05) is 19.9 Å². The molecule has 1 aromatic carbocycles. The lowest BCUT2D eigenvalue weighted by Gasteiger charge is -2.20. The molecular formula is C15H22ClNO2. The van der Waals surface area contributed by atoms with Crippen molar-refractivity contribution >= 4 is 23.2 Å². The molecule has 0 saturated carbocycles. The van der Waals surface area contributed by atoms with E-state index in [0.717, 1.165) is 11.4 Å². The molecule has 0 spiro atoms. The fourth-order valence-electron chi connectivity index (χ4n) is 1.29. The highest BCUT2D eigenvalue weighted by Gasteiger charge is 2.26. The maximum atomic E-state index is 12.0. The van der Waals surface area contributed by atoms with Crippen LogP contribution in [-0.4, -0.2) is 18.4 Å². The summed E-state index contributed by atoms with van der Waals surface area (Å²) in [6, 6.07) is 7.40. The molecular weight excluding hydrogens is 262 g/mol. The van der Waals surface area contributed by atoms with Gasteiger partial charge >= 0.3 is 0 Å². The van der Waals surface area contributed by atoms with Gasteiger partial charge in [0.2, 0.25) is 5.91 Å². The van der Waals surface area contributed by atoms with Crippen molar-refractivity contribution in [3.05, 3.63) is 24.3 Å². The zero-order valence-electron chi connectivity index (χ0n) is 12.0. The minimum absolute atomic E-state index is 0.0940. The van der Waals surface area contributed by atoms with E-state index in [0.29, 0.717) is 12.5 Å². The maximum absolute atomic E-state index is 12.0. The zero-order chi connectivity index (χ0) is 14.5. The molecule has 0 aliphatic rings. The predicted octanol–water partition coefficient (Wildman–Crippen LogP) is 3.92. The highest BCUT2D eigenvalue weighted by Crippen LogP contribution is 2.22. The SMILES string of the molecule is CC(C)COc1cccc(NC(=O)C(C)(C)CCl)c1. The molecule has 1 N–H and O–H groups in total. The maximum Gasteiger partial charge on any atom is 0.231 e. The topological polar surface area (TPSA) is 38.3 Å². The fraction of sp³-hybridized carbons (Fsp3) is 0.533. The van der Waals surface area contributed by atoms with Crippen molar-refractivity contribution in [2.24, 2.45) is 11.3 Å². The molecule has 3 nitrogen and oxygen atoms in total. The van der Waals surface area contributed by atoms with Crippen LogP contribution in [0, 0.1) is 11.3 Å². The van der Waals surface area contributed by atoms with E-state index in [9.17, 15) is 4.79 Å². The van der Waals surface area contributed by atoms with Gasteiger partial charge in [-0.3, -0.25) is 4.79 Å².